The molecule has 0 fully saturated rings. The third kappa shape index (κ3) is 1.28. The lowest BCUT2D eigenvalue weighted by molar-refractivity contribution is 0.342. The number of aryl methyl sites for hydroxylation is 1. The molecule has 0 aromatic carbocycles. The number of nitrogens with one attached hydrogen (secondary N) is 1. The zero-order chi connectivity index (χ0) is 8.55. The predicted molar refractivity (Wildman–Crippen MR) is 51.1 cm³/mol. The number of H-pyrrole nitrogens is 1. The van der Waals surface area contributed by atoms with Gasteiger partial charge in [0.25, 0.3) is 0 Å². The van der Waals surface area contributed by atoms with E-state index in [1.165, 1.54) is 25.0 Å². The number of aromatic amines is 1. The summed E-state index contributed by atoms with van der Waals surface area (Å²) in [7, 11) is 0. The summed E-state index contributed by atoms with van der Waals surface area (Å²) in [4.78, 5) is 3.32. The Labute approximate surface area is 74.2 Å². The van der Waals surface area contributed by atoms with E-state index in [1.54, 1.807) is 5.56 Å². The van der Waals surface area contributed by atoms with Gasteiger partial charge in [0, 0.05) is 11.9 Å². The van der Waals surface area contributed by atoms with Gasteiger partial charge in [-0.05, 0) is 42.7 Å². The largest absolute Gasteiger partial charge is 0.365 e. The van der Waals surface area contributed by atoms with E-state index in [-0.39, 0.29) is 0 Å². The molecule has 66 valence electrons. The summed E-state index contributed by atoms with van der Waals surface area (Å²) in [5, 5.41) is 0. The lowest BCUT2D eigenvalue weighted by Crippen LogP contribution is -2.18. The zero-order valence-corrected chi connectivity index (χ0v) is 7.93. The summed E-state index contributed by atoms with van der Waals surface area (Å²) < 4.78 is 0. The van der Waals surface area contributed by atoms with Crippen LogP contribution in [0.25, 0.3) is 0 Å². The average Bonchev–Trinajstić information content (AvgIpc) is 2.49. The average molecular weight is 163 g/mol. The second kappa shape index (κ2) is 2.96. The third-order valence-corrected chi connectivity index (χ3v) is 3.12. The maximum absolute atomic E-state index is 3.32. The highest BCUT2D eigenvalue weighted by molar-refractivity contribution is 5.23. The van der Waals surface area contributed by atoms with Gasteiger partial charge in [0.05, 0.1) is 0 Å². The van der Waals surface area contributed by atoms with Gasteiger partial charge in [-0.3, -0.25) is 0 Å². The highest BCUT2D eigenvalue weighted by Gasteiger charge is 2.21. The van der Waals surface area contributed by atoms with Gasteiger partial charge >= 0.3 is 0 Å². The first kappa shape index (κ1) is 7.90. The van der Waals surface area contributed by atoms with Gasteiger partial charge in [-0.15, -0.1) is 0 Å². The molecule has 1 atom stereocenters. The van der Waals surface area contributed by atoms with Crippen molar-refractivity contribution in [2.24, 2.45) is 11.8 Å². The van der Waals surface area contributed by atoms with Crippen LogP contribution in [0.15, 0.2) is 12.3 Å². The lowest BCUT2D eigenvalue weighted by atomic mass is 9.81. The molecule has 1 aromatic rings. The van der Waals surface area contributed by atoms with E-state index in [0.29, 0.717) is 0 Å². The Balaban J connectivity index is 2.15. The van der Waals surface area contributed by atoms with Crippen LogP contribution in [0.5, 0.6) is 0 Å². The number of fused-ring (bicyclic) bond motifs is 1. The van der Waals surface area contributed by atoms with Crippen LogP contribution >= 0.6 is 0 Å². The minimum Gasteiger partial charge on any atom is -0.365 e. The summed E-state index contributed by atoms with van der Waals surface area (Å²) in [6, 6.07) is 2.24. The molecule has 2 rings (SSSR count). The SMILES string of the molecule is CC(C)C1CCc2[nH]ccc2C1. The topological polar surface area (TPSA) is 15.8 Å². The van der Waals surface area contributed by atoms with Crippen LogP contribution in [0.3, 0.4) is 0 Å². The van der Waals surface area contributed by atoms with E-state index >= 15 is 0 Å². The summed E-state index contributed by atoms with van der Waals surface area (Å²) in [5.41, 5.74) is 3.03. The van der Waals surface area contributed by atoms with E-state index in [1.807, 2.05) is 0 Å². The van der Waals surface area contributed by atoms with Crippen LogP contribution in [0, 0.1) is 11.8 Å². The van der Waals surface area contributed by atoms with Gasteiger partial charge in [0.2, 0.25) is 0 Å². The normalized spacial score (nSPS) is 22.8. The minimum atomic E-state index is 0.841. The molecule has 0 bridgehead atoms. The molecule has 12 heavy (non-hydrogen) atoms. The van der Waals surface area contributed by atoms with Gasteiger partial charge in [0.15, 0.2) is 0 Å². The van der Waals surface area contributed by atoms with Gasteiger partial charge in [-0.2, -0.15) is 0 Å². The molecule has 1 heteroatoms. The second-order valence-electron chi connectivity index (χ2n) is 4.23. The van der Waals surface area contributed by atoms with Gasteiger partial charge in [-0.1, -0.05) is 13.8 Å². The number of rotatable bonds is 1. The first-order valence-electron chi connectivity index (χ1n) is 4.92. The number of hydrogen-bond donors (Lipinski definition) is 1. The van der Waals surface area contributed by atoms with Crippen molar-refractivity contribution >= 4 is 0 Å². The molecule has 1 unspecified atom stereocenters. The van der Waals surface area contributed by atoms with Crippen molar-refractivity contribution in [2.45, 2.75) is 33.1 Å². The Bertz CT molecular complexity index is 260. The van der Waals surface area contributed by atoms with E-state index in [0.717, 1.165) is 11.8 Å². The molecule has 1 N–H and O–H groups in total. The molecule has 0 saturated heterocycles. The molecule has 1 aliphatic carbocycles. The molecule has 0 amide bonds. The lowest BCUT2D eigenvalue weighted by Gasteiger charge is -2.25. The molecule has 0 saturated carbocycles. The summed E-state index contributed by atoms with van der Waals surface area (Å²) in [6.45, 7) is 4.67. The number of aromatic nitrogens is 1. The van der Waals surface area contributed by atoms with Gasteiger partial charge in [-0.25, -0.2) is 0 Å². The van der Waals surface area contributed by atoms with E-state index < -0.39 is 0 Å². The Kier molecular flexibility index (Phi) is 1.95. The van der Waals surface area contributed by atoms with Crippen LogP contribution < -0.4 is 0 Å². The maximum atomic E-state index is 3.32. The molecule has 1 nitrogen and oxygen atoms in total. The van der Waals surface area contributed by atoms with Gasteiger partial charge < -0.3 is 4.98 Å². The van der Waals surface area contributed by atoms with Crippen molar-refractivity contribution in [3.8, 4) is 0 Å². The molecular formula is C11H17N. The minimum absolute atomic E-state index is 0.841. The van der Waals surface area contributed by atoms with Crippen molar-refractivity contribution in [3.05, 3.63) is 23.5 Å². The third-order valence-electron chi connectivity index (χ3n) is 3.12. The van der Waals surface area contributed by atoms with E-state index in [4.69, 9.17) is 0 Å². The molecule has 1 heterocycles. The first-order chi connectivity index (χ1) is 5.77. The van der Waals surface area contributed by atoms with Crippen molar-refractivity contribution in [2.75, 3.05) is 0 Å². The summed E-state index contributed by atoms with van der Waals surface area (Å²) >= 11 is 0. The van der Waals surface area contributed by atoms with Crippen molar-refractivity contribution in [1.29, 1.82) is 0 Å². The molecule has 1 aromatic heterocycles. The quantitative estimate of drug-likeness (QED) is 0.655. The molecule has 1 aliphatic rings. The maximum Gasteiger partial charge on any atom is 0.0179 e. The van der Waals surface area contributed by atoms with Crippen molar-refractivity contribution in [1.82, 2.24) is 4.98 Å². The Morgan fingerprint density at radius 1 is 1.50 bits per heavy atom. The smallest absolute Gasteiger partial charge is 0.0179 e. The Hall–Kier alpha value is -0.720. The Morgan fingerprint density at radius 3 is 3.08 bits per heavy atom. The van der Waals surface area contributed by atoms with E-state index in [2.05, 4.69) is 31.1 Å². The van der Waals surface area contributed by atoms with Gasteiger partial charge in [0.1, 0.15) is 0 Å². The van der Waals surface area contributed by atoms with Crippen LogP contribution in [0.4, 0.5) is 0 Å². The molecule has 0 aliphatic heterocycles. The highest BCUT2D eigenvalue weighted by atomic mass is 14.7. The van der Waals surface area contributed by atoms with Crippen molar-refractivity contribution < 1.29 is 0 Å². The summed E-state index contributed by atoms with van der Waals surface area (Å²) in [5.74, 6) is 1.75. The molecular weight excluding hydrogens is 146 g/mol. The fraction of sp³-hybridized carbons (Fsp3) is 0.636. The number of hydrogen-bond acceptors (Lipinski definition) is 0. The molecule has 0 radical (unpaired) electrons. The standard InChI is InChI=1S/C11H17N/c1-8(2)9-3-4-11-10(7-9)5-6-12-11/h5-6,8-9,12H,3-4,7H2,1-2H3. The highest BCUT2D eigenvalue weighted by Crippen LogP contribution is 2.29. The predicted octanol–water partition coefficient (Wildman–Crippen LogP) is 2.78. The monoisotopic (exact) mass is 163 g/mol. The Morgan fingerprint density at radius 2 is 2.33 bits per heavy atom. The van der Waals surface area contributed by atoms with Crippen LogP contribution in [-0.4, -0.2) is 4.98 Å². The van der Waals surface area contributed by atoms with Crippen molar-refractivity contribution in [3.63, 3.8) is 0 Å². The van der Waals surface area contributed by atoms with Crippen LogP contribution in [-0.2, 0) is 12.8 Å². The zero-order valence-electron chi connectivity index (χ0n) is 7.93. The van der Waals surface area contributed by atoms with Crippen LogP contribution in [0.1, 0.15) is 31.5 Å². The van der Waals surface area contributed by atoms with E-state index in [9.17, 15) is 0 Å². The summed E-state index contributed by atoms with van der Waals surface area (Å²) in [6.07, 6.45) is 5.99. The fourth-order valence-electron chi connectivity index (χ4n) is 2.14. The second-order valence-corrected chi connectivity index (χ2v) is 4.23. The van der Waals surface area contributed by atoms with Crippen LogP contribution in [0.2, 0.25) is 0 Å². The first-order valence-corrected chi connectivity index (χ1v) is 4.92. The fourth-order valence-corrected chi connectivity index (χ4v) is 2.14. The molecule has 0 spiro atoms.